The van der Waals surface area contributed by atoms with Crippen molar-refractivity contribution in [1.82, 2.24) is 9.80 Å². The van der Waals surface area contributed by atoms with E-state index in [0.717, 1.165) is 34.5 Å². The van der Waals surface area contributed by atoms with Gasteiger partial charge in [-0.1, -0.05) is 24.3 Å². The summed E-state index contributed by atoms with van der Waals surface area (Å²) < 4.78 is 10.8. The molecule has 0 aliphatic heterocycles. The number of hydrogen-bond donors (Lipinski definition) is 1. The first-order valence-electron chi connectivity index (χ1n) is 12.1. The zero-order valence-corrected chi connectivity index (χ0v) is 21.8. The largest absolute Gasteiger partial charge is 0.493 e. The Morgan fingerprint density at radius 1 is 1.03 bits per heavy atom. The number of nitrogens with zero attached hydrogens (tertiary/aromatic N) is 2. The van der Waals surface area contributed by atoms with Crippen molar-refractivity contribution in [2.75, 3.05) is 32.6 Å². The number of rotatable bonds is 11. The number of carbonyl (C=O) groups excluding carboxylic acids is 2. The molecule has 0 atom stereocenters. The van der Waals surface area contributed by atoms with Crippen LogP contribution in [0.5, 0.6) is 11.5 Å². The average Bonchev–Trinajstić information content (AvgIpc) is 3.59. The minimum absolute atomic E-state index is 0.0552. The fraction of sp³-hybridized carbons (Fsp3) is 0.357. The summed E-state index contributed by atoms with van der Waals surface area (Å²) in [5.74, 6) is 1.28. The molecule has 4 rings (SSSR count). The Kier molecular flexibility index (Phi) is 8.48. The van der Waals surface area contributed by atoms with Gasteiger partial charge in [-0.25, -0.2) is 4.79 Å². The van der Waals surface area contributed by atoms with E-state index in [0.29, 0.717) is 31.0 Å². The van der Waals surface area contributed by atoms with Crippen molar-refractivity contribution in [3.05, 3.63) is 76.0 Å². The summed E-state index contributed by atoms with van der Waals surface area (Å²) in [5.41, 5.74) is 2.86. The van der Waals surface area contributed by atoms with Gasteiger partial charge in [0.2, 0.25) is 5.91 Å². The van der Waals surface area contributed by atoms with Crippen molar-refractivity contribution in [2.24, 2.45) is 0 Å². The van der Waals surface area contributed by atoms with Gasteiger partial charge >= 0.3 is 6.03 Å². The number of benzene rings is 2. The number of aryl methyl sites for hydroxylation is 1. The monoisotopic (exact) mass is 507 g/mol. The molecule has 0 radical (unpaired) electrons. The van der Waals surface area contributed by atoms with E-state index >= 15 is 0 Å². The fourth-order valence-electron chi connectivity index (χ4n) is 4.10. The summed E-state index contributed by atoms with van der Waals surface area (Å²) in [6.45, 7) is 3.09. The average molecular weight is 508 g/mol. The Morgan fingerprint density at radius 2 is 1.83 bits per heavy atom. The number of methoxy groups -OCH3 is 2. The lowest BCUT2D eigenvalue weighted by atomic mass is 10.1. The number of amides is 3. The van der Waals surface area contributed by atoms with E-state index in [-0.39, 0.29) is 24.5 Å². The van der Waals surface area contributed by atoms with Crippen LogP contribution < -0.4 is 14.8 Å². The SMILES string of the molecule is COc1ccc(CCN(Cc2cccs2)C(=O)CN(C(=O)Nc2cccc(C)c2)C2CC2)cc1OC. The highest BCUT2D eigenvalue weighted by molar-refractivity contribution is 7.09. The summed E-state index contributed by atoms with van der Waals surface area (Å²) >= 11 is 1.62. The normalized spacial score (nSPS) is 12.6. The molecule has 2 aromatic carbocycles. The van der Waals surface area contributed by atoms with Crippen LogP contribution >= 0.6 is 11.3 Å². The van der Waals surface area contributed by atoms with Crippen LogP contribution in [0.3, 0.4) is 0 Å². The second-order valence-corrected chi connectivity index (χ2v) is 10.0. The van der Waals surface area contributed by atoms with E-state index in [2.05, 4.69) is 5.32 Å². The summed E-state index contributed by atoms with van der Waals surface area (Å²) in [5, 5.41) is 4.98. The van der Waals surface area contributed by atoms with Gasteiger partial charge in [0.05, 0.1) is 20.8 Å². The van der Waals surface area contributed by atoms with E-state index < -0.39 is 0 Å². The molecular formula is C28H33N3O4S. The van der Waals surface area contributed by atoms with Crippen LogP contribution in [0, 0.1) is 6.92 Å². The molecule has 3 amide bonds. The molecule has 0 spiro atoms. The van der Waals surface area contributed by atoms with Gasteiger partial charge in [-0.2, -0.15) is 0 Å². The molecule has 1 aliphatic rings. The Bertz CT molecular complexity index is 1180. The number of anilines is 1. The third kappa shape index (κ3) is 6.79. The third-order valence-electron chi connectivity index (χ3n) is 6.22. The Morgan fingerprint density at radius 3 is 2.50 bits per heavy atom. The number of urea groups is 1. The summed E-state index contributed by atoms with van der Waals surface area (Å²) in [6.07, 6.45) is 2.51. The summed E-state index contributed by atoms with van der Waals surface area (Å²) in [6, 6.07) is 17.4. The molecule has 0 unspecified atom stereocenters. The lowest BCUT2D eigenvalue weighted by Gasteiger charge is -2.28. The van der Waals surface area contributed by atoms with Crippen molar-refractivity contribution in [3.8, 4) is 11.5 Å². The van der Waals surface area contributed by atoms with Crippen molar-refractivity contribution >= 4 is 29.0 Å². The lowest BCUT2D eigenvalue weighted by molar-refractivity contribution is -0.132. The Balaban J connectivity index is 1.45. The quantitative estimate of drug-likeness (QED) is 0.380. The predicted octanol–water partition coefficient (Wildman–Crippen LogP) is 5.34. The van der Waals surface area contributed by atoms with Crippen LogP contribution in [-0.2, 0) is 17.8 Å². The molecule has 1 fully saturated rings. The second kappa shape index (κ2) is 11.9. The molecule has 1 saturated carbocycles. The fourth-order valence-corrected chi connectivity index (χ4v) is 4.82. The molecule has 36 heavy (non-hydrogen) atoms. The maximum atomic E-state index is 13.5. The van der Waals surface area contributed by atoms with Crippen LogP contribution in [0.2, 0.25) is 0 Å². The molecule has 0 saturated heterocycles. The first kappa shape index (κ1) is 25.6. The van der Waals surface area contributed by atoms with Gasteiger partial charge in [-0.05, 0) is 73.0 Å². The Labute approximate surface area is 216 Å². The maximum absolute atomic E-state index is 13.5. The van der Waals surface area contributed by atoms with Crippen LogP contribution in [-0.4, -0.2) is 55.1 Å². The van der Waals surface area contributed by atoms with Crippen molar-refractivity contribution < 1.29 is 19.1 Å². The molecule has 0 bridgehead atoms. The zero-order chi connectivity index (χ0) is 25.5. The van der Waals surface area contributed by atoms with E-state index in [1.807, 2.05) is 71.8 Å². The van der Waals surface area contributed by atoms with Gasteiger partial charge in [-0.15, -0.1) is 11.3 Å². The van der Waals surface area contributed by atoms with Gasteiger partial charge in [0, 0.05) is 23.2 Å². The standard InChI is InChI=1S/C28H33N3O4S/c1-20-6-4-7-22(16-20)29-28(33)31(23-10-11-23)19-27(32)30(18-24-8-5-15-36-24)14-13-21-9-12-25(34-2)26(17-21)35-3/h4-9,12,15-17,23H,10-11,13-14,18-19H2,1-3H3,(H,29,33). The van der Waals surface area contributed by atoms with E-state index in [4.69, 9.17) is 9.47 Å². The second-order valence-electron chi connectivity index (χ2n) is 8.99. The van der Waals surface area contributed by atoms with Crippen molar-refractivity contribution in [3.63, 3.8) is 0 Å². The predicted molar refractivity (Wildman–Crippen MR) is 143 cm³/mol. The highest BCUT2D eigenvalue weighted by Gasteiger charge is 2.35. The topological polar surface area (TPSA) is 71.1 Å². The highest BCUT2D eigenvalue weighted by atomic mass is 32.1. The highest BCUT2D eigenvalue weighted by Crippen LogP contribution is 2.29. The summed E-state index contributed by atoms with van der Waals surface area (Å²) in [7, 11) is 3.22. The number of carbonyl (C=O) groups is 2. The summed E-state index contributed by atoms with van der Waals surface area (Å²) in [4.78, 5) is 31.3. The molecule has 190 valence electrons. The van der Waals surface area contributed by atoms with Gasteiger partial charge in [0.25, 0.3) is 0 Å². The van der Waals surface area contributed by atoms with Gasteiger partial charge in [0.15, 0.2) is 11.5 Å². The minimum atomic E-state index is -0.229. The van der Waals surface area contributed by atoms with Crippen LogP contribution in [0.1, 0.15) is 28.8 Å². The van der Waals surface area contributed by atoms with E-state index in [1.165, 1.54) is 0 Å². The molecule has 1 N–H and O–H groups in total. The smallest absolute Gasteiger partial charge is 0.322 e. The first-order valence-corrected chi connectivity index (χ1v) is 13.0. The van der Waals surface area contributed by atoms with Gasteiger partial charge in [-0.3, -0.25) is 4.79 Å². The lowest BCUT2D eigenvalue weighted by Crippen LogP contribution is -2.45. The Hall–Kier alpha value is -3.52. The molecule has 1 aliphatic carbocycles. The van der Waals surface area contributed by atoms with E-state index in [9.17, 15) is 9.59 Å². The number of nitrogens with one attached hydrogen (secondary N) is 1. The molecular weight excluding hydrogens is 474 g/mol. The number of hydrogen-bond acceptors (Lipinski definition) is 5. The van der Waals surface area contributed by atoms with E-state index in [1.54, 1.807) is 30.5 Å². The van der Waals surface area contributed by atoms with Crippen molar-refractivity contribution in [1.29, 1.82) is 0 Å². The zero-order valence-electron chi connectivity index (χ0n) is 21.0. The molecule has 7 nitrogen and oxygen atoms in total. The molecule has 1 heterocycles. The van der Waals surface area contributed by atoms with Crippen LogP contribution in [0.4, 0.5) is 10.5 Å². The molecule has 1 aromatic heterocycles. The molecule has 3 aromatic rings. The first-order chi connectivity index (χ1) is 17.5. The van der Waals surface area contributed by atoms with Crippen molar-refractivity contribution in [2.45, 2.75) is 38.8 Å². The van der Waals surface area contributed by atoms with Gasteiger partial charge in [0.1, 0.15) is 6.54 Å². The minimum Gasteiger partial charge on any atom is -0.493 e. The van der Waals surface area contributed by atoms with Gasteiger partial charge < -0.3 is 24.6 Å². The number of ether oxygens (including phenoxy) is 2. The van der Waals surface area contributed by atoms with Crippen LogP contribution in [0.15, 0.2) is 60.0 Å². The third-order valence-corrected chi connectivity index (χ3v) is 7.08. The van der Waals surface area contributed by atoms with Crippen LogP contribution in [0.25, 0.3) is 0 Å². The maximum Gasteiger partial charge on any atom is 0.322 e. The number of thiophene rings is 1. The molecule has 8 heteroatoms.